The monoisotopic (exact) mass is 475 g/mol. The summed E-state index contributed by atoms with van der Waals surface area (Å²) in [6.45, 7) is 2.09. The molecule has 0 saturated heterocycles. The average Bonchev–Trinajstić information content (AvgIpc) is 2.84. The highest BCUT2D eigenvalue weighted by Gasteiger charge is 2.34. The van der Waals surface area contributed by atoms with Crippen molar-refractivity contribution in [2.24, 2.45) is 5.73 Å². The number of methoxy groups -OCH3 is 2. The summed E-state index contributed by atoms with van der Waals surface area (Å²) in [6, 6.07) is 13.5. The van der Waals surface area contributed by atoms with Crippen molar-refractivity contribution in [3.05, 3.63) is 86.7 Å². The summed E-state index contributed by atoms with van der Waals surface area (Å²) in [5.74, 6) is 0.00201. The number of nitriles is 1. The van der Waals surface area contributed by atoms with Crippen molar-refractivity contribution in [3.63, 3.8) is 0 Å². The molecule has 0 radical (unpaired) electrons. The Morgan fingerprint density at radius 1 is 1.09 bits per heavy atom. The maximum atomic E-state index is 13.8. The number of aromatic nitrogens is 1. The van der Waals surface area contributed by atoms with Crippen molar-refractivity contribution in [3.8, 4) is 34.8 Å². The van der Waals surface area contributed by atoms with Crippen molar-refractivity contribution in [2.75, 3.05) is 14.2 Å². The van der Waals surface area contributed by atoms with Crippen LogP contribution in [0.2, 0.25) is 0 Å². The summed E-state index contributed by atoms with van der Waals surface area (Å²) >= 11 is 0. The van der Waals surface area contributed by atoms with Gasteiger partial charge in [0.1, 0.15) is 17.4 Å². The molecule has 9 heteroatoms. The third-order valence-electron chi connectivity index (χ3n) is 6.09. The van der Waals surface area contributed by atoms with E-state index in [-0.39, 0.29) is 28.5 Å². The van der Waals surface area contributed by atoms with Gasteiger partial charge < -0.3 is 34.7 Å². The lowest BCUT2D eigenvalue weighted by molar-refractivity contribution is 0.354. The number of phenols is 2. The summed E-state index contributed by atoms with van der Waals surface area (Å²) in [5.41, 5.74) is 8.21. The zero-order valence-electron chi connectivity index (χ0n) is 19.5. The molecule has 0 saturated carbocycles. The van der Waals surface area contributed by atoms with Gasteiger partial charge in [-0.1, -0.05) is 12.1 Å². The van der Waals surface area contributed by atoms with Crippen molar-refractivity contribution < 1.29 is 24.4 Å². The summed E-state index contributed by atoms with van der Waals surface area (Å²) in [7, 11) is 3.03. The Hall–Kier alpha value is -4.58. The number of benzene rings is 2. The van der Waals surface area contributed by atoms with Crippen LogP contribution in [0.15, 0.2) is 58.7 Å². The predicted molar refractivity (Wildman–Crippen MR) is 128 cm³/mol. The minimum Gasteiger partial charge on any atom is -0.504 e. The van der Waals surface area contributed by atoms with Crippen molar-refractivity contribution >= 4 is 0 Å². The number of aromatic hydroxyl groups is 2. The largest absolute Gasteiger partial charge is 0.504 e. The van der Waals surface area contributed by atoms with Crippen LogP contribution in [0, 0.1) is 18.3 Å². The summed E-state index contributed by atoms with van der Waals surface area (Å²) < 4.78 is 18.0. The van der Waals surface area contributed by atoms with Gasteiger partial charge in [-0.15, -0.1) is 0 Å². The van der Waals surface area contributed by atoms with Gasteiger partial charge in [0.15, 0.2) is 23.0 Å². The van der Waals surface area contributed by atoms with Crippen molar-refractivity contribution in [1.29, 1.82) is 5.26 Å². The molecule has 4 N–H and O–H groups in total. The van der Waals surface area contributed by atoms with Gasteiger partial charge in [0.05, 0.1) is 25.7 Å². The van der Waals surface area contributed by atoms with E-state index in [0.29, 0.717) is 47.0 Å². The molecule has 0 amide bonds. The lowest BCUT2D eigenvalue weighted by Gasteiger charge is -2.27. The van der Waals surface area contributed by atoms with Gasteiger partial charge >= 0.3 is 0 Å². The van der Waals surface area contributed by atoms with Crippen molar-refractivity contribution in [2.45, 2.75) is 25.8 Å². The Bertz CT molecular complexity index is 1430. The first-order valence-electron chi connectivity index (χ1n) is 10.8. The van der Waals surface area contributed by atoms with Gasteiger partial charge in [0.25, 0.3) is 5.56 Å². The third kappa shape index (κ3) is 4.22. The van der Waals surface area contributed by atoms with Crippen LogP contribution in [0.4, 0.5) is 0 Å². The SMILES string of the molecule is COc1ccc([C@@H]2C(C#N)=C(N)Oc3cc(C)n(CCc4ccc(O)c(O)c4)c(=O)c32)cc1OC. The number of fused-ring (bicyclic) bond motifs is 1. The molecule has 180 valence electrons. The van der Waals surface area contributed by atoms with Crippen LogP contribution >= 0.6 is 0 Å². The third-order valence-corrected chi connectivity index (χ3v) is 6.09. The number of hydrogen-bond acceptors (Lipinski definition) is 8. The fraction of sp³-hybridized carbons (Fsp3) is 0.231. The average molecular weight is 476 g/mol. The topological polar surface area (TPSA) is 140 Å². The van der Waals surface area contributed by atoms with Crippen molar-refractivity contribution in [1.82, 2.24) is 4.57 Å². The molecule has 1 aliphatic heterocycles. The van der Waals surface area contributed by atoms with Crippen LogP contribution in [-0.2, 0) is 13.0 Å². The number of hydrogen-bond donors (Lipinski definition) is 3. The molecule has 1 atom stereocenters. The maximum absolute atomic E-state index is 13.8. The molecule has 0 aliphatic carbocycles. The van der Waals surface area contributed by atoms with E-state index in [2.05, 4.69) is 6.07 Å². The quantitative estimate of drug-likeness (QED) is 0.462. The van der Waals surface area contributed by atoms with E-state index in [1.165, 1.54) is 26.4 Å². The molecule has 2 heterocycles. The highest BCUT2D eigenvalue weighted by Crippen LogP contribution is 2.42. The van der Waals surface area contributed by atoms with Crippen LogP contribution in [0.5, 0.6) is 28.7 Å². The van der Waals surface area contributed by atoms with Gasteiger partial charge in [-0.3, -0.25) is 4.79 Å². The molecule has 1 aliphatic rings. The van der Waals surface area contributed by atoms with Gasteiger partial charge in [-0.25, -0.2) is 0 Å². The molecule has 2 aromatic carbocycles. The maximum Gasteiger partial charge on any atom is 0.258 e. The van der Waals surface area contributed by atoms with Crippen LogP contribution in [0.25, 0.3) is 0 Å². The highest BCUT2D eigenvalue weighted by atomic mass is 16.5. The normalized spacial score (nSPS) is 14.6. The Morgan fingerprint density at radius 3 is 2.49 bits per heavy atom. The Kier molecular flexibility index (Phi) is 6.30. The van der Waals surface area contributed by atoms with E-state index >= 15 is 0 Å². The van der Waals surface area contributed by atoms with Crippen LogP contribution in [0.3, 0.4) is 0 Å². The molecule has 0 bridgehead atoms. The molecule has 4 rings (SSSR count). The fourth-order valence-electron chi connectivity index (χ4n) is 4.30. The first-order valence-corrected chi connectivity index (χ1v) is 10.8. The highest BCUT2D eigenvalue weighted by molar-refractivity contribution is 5.57. The number of ether oxygens (including phenoxy) is 3. The summed E-state index contributed by atoms with van der Waals surface area (Å²) in [5, 5.41) is 29.2. The number of rotatable bonds is 6. The Morgan fingerprint density at radius 2 is 1.83 bits per heavy atom. The zero-order valence-corrected chi connectivity index (χ0v) is 19.5. The molecule has 0 unspecified atom stereocenters. The first-order chi connectivity index (χ1) is 16.8. The number of aryl methyl sites for hydroxylation is 2. The number of phenolic OH excluding ortho intramolecular Hbond substituents is 2. The lowest BCUT2D eigenvalue weighted by atomic mass is 9.84. The number of nitrogens with two attached hydrogens (primary N) is 1. The molecule has 3 aromatic rings. The van der Waals surface area contributed by atoms with E-state index in [1.54, 1.807) is 41.8 Å². The molecule has 9 nitrogen and oxygen atoms in total. The first kappa shape index (κ1) is 23.6. The second-order valence-corrected chi connectivity index (χ2v) is 8.13. The predicted octanol–water partition coefficient (Wildman–Crippen LogP) is 3.05. The minimum atomic E-state index is -0.763. The molecule has 1 aromatic heterocycles. The number of nitrogens with zero attached hydrogens (tertiary/aromatic N) is 2. The van der Waals surface area contributed by atoms with E-state index < -0.39 is 5.92 Å². The molecular formula is C26H25N3O6. The summed E-state index contributed by atoms with van der Waals surface area (Å²) in [4.78, 5) is 13.8. The zero-order chi connectivity index (χ0) is 25.3. The second-order valence-electron chi connectivity index (χ2n) is 8.13. The van der Waals surface area contributed by atoms with Crippen LogP contribution < -0.4 is 25.5 Å². The number of allylic oxidation sites excluding steroid dienone is 1. The standard InChI is InChI=1S/C26H25N3O6/c1-14-10-22-24(26(32)29(14)9-8-15-4-6-18(30)19(31)11-15)23(17(13-27)25(28)35-22)16-5-7-20(33-2)21(12-16)34-3/h4-7,10-12,23,30-31H,8-9,28H2,1-3H3/t23-/m1/s1. The van der Waals surface area contributed by atoms with E-state index in [9.17, 15) is 20.3 Å². The van der Waals surface area contributed by atoms with E-state index in [0.717, 1.165) is 5.56 Å². The second kappa shape index (κ2) is 9.35. The molecule has 0 spiro atoms. The molecule has 0 fully saturated rings. The van der Waals surface area contributed by atoms with Crippen LogP contribution in [-0.4, -0.2) is 29.0 Å². The smallest absolute Gasteiger partial charge is 0.258 e. The van der Waals surface area contributed by atoms with Gasteiger partial charge in [-0.05, 0) is 48.7 Å². The minimum absolute atomic E-state index is 0.0593. The molecule has 35 heavy (non-hydrogen) atoms. The van der Waals surface area contributed by atoms with E-state index in [1.807, 2.05) is 0 Å². The van der Waals surface area contributed by atoms with Crippen LogP contribution in [0.1, 0.15) is 28.3 Å². The Balaban J connectivity index is 1.82. The van der Waals surface area contributed by atoms with E-state index in [4.69, 9.17) is 19.9 Å². The van der Waals surface area contributed by atoms with Gasteiger partial charge in [0.2, 0.25) is 5.88 Å². The lowest BCUT2D eigenvalue weighted by Crippen LogP contribution is -2.33. The van der Waals surface area contributed by atoms with Gasteiger partial charge in [-0.2, -0.15) is 5.26 Å². The summed E-state index contributed by atoms with van der Waals surface area (Å²) in [6.07, 6.45) is 0.429. The Labute approximate surface area is 201 Å². The number of pyridine rings is 1. The fourth-order valence-corrected chi connectivity index (χ4v) is 4.30. The van der Waals surface area contributed by atoms with Gasteiger partial charge in [0, 0.05) is 18.3 Å². The molecular weight excluding hydrogens is 450 g/mol.